The summed E-state index contributed by atoms with van der Waals surface area (Å²) in [4.78, 5) is 41.2. The van der Waals surface area contributed by atoms with Crippen molar-refractivity contribution in [2.24, 2.45) is 11.8 Å². The number of ether oxygens (including phenoxy) is 2. The van der Waals surface area contributed by atoms with Crippen molar-refractivity contribution in [2.75, 3.05) is 31.1 Å². The number of likely N-dealkylation sites (tertiary alicyclic amines) is 1. The summed E-state index contributed by atoms with van der Waals surface area (Å²) in [5.74, 6) is -0.0205. The molecule has 0 saturated carbocycles. The van der Waals surface area contributed by atoms with E-state index in [0.717, 1.165) is 5.56 Å². The summed E-state index contributed by atoms with van der Waals surface area (Å²) in [6.45, 7) is 8.94. The van der Waals surface area contributed by atoms with E-state index in [1.165, 1.54) is 0 Å². The van der Waals surface area contributed by atoms with Crippen molar-refractivity contribution in [2.45, 2.75) is 46.6 Å². The highest BCUT2D eigenvalue weighted by Gasteiger charge is 2.38. The molecule has 29 heavy (non-hydrogen) atoms. The number of carbonyl (C=O) groups is 3. The molecule has 2 aliphatic rings. The van der Waals surface area contributed by atoms with E-state index in [1.54, 1.807) is 16.7 Å². The van der Waals surface area contributed by atoms with Gasteiger partial charge >= 0.3 is 5.97 Å². The molecule has 2 aliphatic heterocycles. The number of nitrogens with zero attached hydrogens (tertiary/aromatic N) is 2. The summed E-state index contributed by atoms with van der Waals surface area (Å²) in [6.07, 6.45) is 0.574. The third-order valence-electron chi connectivity index (χ3n) is 5.54. The number of esters is 1. The van der Waals surface area contributed by atoms with Gasteiger partial charge < -0.3 is 14.4 Å². The van der Waals surface area contributed by atoms with E-state index in [2.05, 4.69) is 0 Å². The van der Waals surface area contributed by atoms with E-state index in [4.69, 9.17) is 9.47 Å². The van der Waals surface area contributed by atoms with Crippen molar-refractivity contribution in [1.29, 1.82) is 0 Å². The van der Waals surface area contributed by atoms with E-state index in [9.17, 15) is 14.4 Å². The maximum Gasteiger partial charge on any atom is 0.309 e. The molecule has 0 aromatic heterocycles. The van der Waals surface area contributed by atoms with Crippen LogP contribution in [0.4, 0.5) is 5.69 Å². The monoisotopic (exact) mass is 402 g/mol. The fraction of sp³-hybridized carbons (Fsp3) is 0.591. The van der Waals surface area contributed by atoms with Gasteiger partial charge in [0.15, 0.2) is 6.10 Å². The molecule has 2 heterocycles. The van der Waals surface area contributed by atoms with Crippen molar-refractivity contribution in [1.82, 2.24) is 4.90 Å². The molecule has 1 aromatic rings. The fourth-order valence-corrected chi connectivity index (χ4v) is 3.84. The lowest BCUT2D eigenvalue weighted by Gasteiger charge is -2.37. The Kier molecular flexibility index (Phi) is 6.45. The number of hydrogen-bond donors (Lipinski definition) is 0. The summed E-state index contributed by atoms with van der Waals surface area (Å²) in [6, 6.07) is 5.67. The fourth-order valence-electron chi connectivity index (χ4n) is 3.84. The summed E-state index contributed by atoms with van der Waals surface area (Å²) < 4.78 is 11.0. The van der Waals surface area contributed by atoms with Gasteiger partial charge in [-0.3, -0.25) is 19.3 Å². The first-order valence-electron chi connectivity index (χ1n) is 10.3. The van der Waals surface area contributed by atoms with E-state index in [1.807, 2.05) is 39.0 Å². The maximum absolute atomic E-state index is 13.0. The van der Waals surface area contributed by atoms with Crippen molar-refractivity contribution in [3.8, 4) is 5.75 Å². The molecule has 0 radical (unpaired) electrons. The third-order valence-corrected chi connectivity index (χ3v) is 5.54. The highest BCUT2D eigenvalue weighted by molar-refractivity contribution is 6.04. The Morgan fingerprint density at radius 2 is 1.93 bits per heavy atom. The summed E-state index contributed by atoms with van der Waals surface area (Å²) >= 11 is 0. The van der Waals surface area contributed by atoms with Crippen LogP contribution >= 0.6 is 0 Å². The number of fused-ring (bicyclic) bond motifs is 1. The minimum atomic E-state index is -0.604. The SMILES string of the molecule is CCOC(=O)C1CCN(C(=O)CN2C(=O)[C@H](C(C)C)Oc3ccc(C)cc32)CC1. The number of carbonyl (C=O) groups excluding carboxylic acids is 3. The Morgan fingerprint density at radius 1 is 1.24 bits per heavy atom. The molecule has 3 rings (SSSR count). The molecule has 158 valence electrons. The van der Waals surface area contributed by atoms with E-state index in [-0.39, 0.29) is 36.2 Å². The van der Waals surface area contributed by atoms with Crippen LogP contribution in [0.2, 0.25) is 0 Å². The lowest BCUT2D eigenvalue weighted by atomic mass is 9.97. The second-order valence-electron chi connectivity index (χ2n) is 8.09. The molecule has 0 aliphatic carbocycles. The van der Waals surface area contributed by atoms with Crippen molar-refractivity contribution in [3.05, 3.63) is 23.8 Å². The number of amides is 2. The van der Waals surface area contributed by atoms with Crippen LogP contribution in [-0.2, 0) is 19.1 Å². The predicted molar refractivity (Wildman–Crippen MR) is 109 cm³/mol. The van der Waals surface area contributed by atoms with E-state index < -0.39 is 6.10 Å². The van der Waals surface area contributed by atoms with Crippen LogP contribution in [-0.4, -0.2) is 55.0 Å². The molecule has 0 spiro atoms. The van der Waals surface area contributed by atoms with Crippen LogP contribution in [0.3, 0.4) is 0 Å². The Labute approximate surface area is 171 Å². The average molecular weight is 402 g/mol. The standard InChI is InChI=1S/C22H30N2O5/c1-5-28-22(27)16-8-10-23(11-9-16)19(25)13-24-17-12-15(4)6-7-18(17)29-20(14(2)3)21(24)26/h6-7,12,14,16,20H,5,8-11,13H2,1-4H3/t20-/m0/s1. The molecule has 1 fully saturated rings. The van der Waals surface area contributed by atoms with Gasteiger partial charge in [-0.15, -0.1) is 0 Å². The first-order valence-corrected chi connectivity index (χ1v) is 10.3. The average Bonchev–Trinajstić information content (AvgIpc) is 2.70. The Balaban J connectivity index is 1.71. The largest absolute Gasteiger partial charge is 0.478 e. The molecule has 1 saturated heterocycles. The first-order chi connectivity index (χ1) is 13.8. The van der Waals surface area contributed by atoms with Crippen LogP contribution in [0.5, 0.6) is 5.75 Å². The van der Waals surface area contributed by atoms with Crippen molar-refractivity contribution >= 4 is 23.5 Å². The van der Waals surface area contributed by atoms with E-state index in [0.29, 0.717) is 44.0 Å². The van der Waals surface area contributed by atoms with Crippen LogP contribution in [0.15, 0.2) is 18.2 Å². The van der Waals surface area contributed by atoms with E-state index >= 15 is 0 Å². The van der Waals surface area contributed by atoms with Crippen molar-refractivity contribution in [3.63, 3.8) is 0 Å². The Morgan fingerprint density at radius 3 is 2.55 bits per heavy atom. The Hall–Kier alpha value is -2.57. The summed E-state index contributed by atoms with van der Waals surface area (Å²) in [5, 5.41) is 0. The highest BCUT2D eigenvalue weighted by Crippen LogP contribution is 2.36. The normalized spacial score (nSPS) is 19.8. The number of hydrogen-bond acceptors (Lipinski definition) is 5. The van der Waals surface area contributed by atoms with Crippen LogP contribution in [0.1, 0.15) is 39.2 Å². The molecule has 7 heteroatoms. The number of anilines is 1. The quantitative estimate of drug-likeness (QED) is 0.708. The van der Waals surface area contributed by atoms with Crippen LogP contribution in [0, 0.1) is 18.8 Å². The zero-order valence-electron chi connectivity index (χ0n) is 17.6. The van der Waals surface area contributed by atoms with Gasteiger partial charge in [-0.1, -0.05) is 19.9 Å². The second-order valence-corrected chi connectivity index (χ2v) is 8.09. The van der Waals surface area contributed by atoms with Gasteiger partial charge in [0.1, 0.15) is 12.3 Å². The number of piperidine rings is 1. The van der Waals surface area contributed by atoms with Crippen molar-refractivity contribution < 1.29 is 23.9 Å². The molecular weight excluding hydrogens is 372 g/mol. The minimum Gasteiger partial charge on any atom is -0.478 e. The molecular formula is C22H30N2O5. The smallest absolute Gasteiger partial charge is 0.309 e. The van der Waals surface area contributed by atoms with Gasteiger partial charge in [0.2, 0.25) is 5.91 Å². The van der Waals surface area contributed by atoms with Gasteiger partial charge in [0.25, 0.3) is 5.91 Å². The molecule has 7 nitrogen and oxygen atoms in total. The van der Waals surface area contributed by atoms with Gasteiger partial charge in [-0.25, -0.2) is 0 Å². The zero-order valence-corrected chi connectivity index (χ0v) is 17.6. The minimum absolute atomic E-state index is 0.00474. The highest BCUT2D eigenvalue weighted by atomic mass is 16.5. The molecule has 0 unspecified atom stereocenters. The zero-order chi connectivity index (χ0) is 21.1. The lowest BCUT2D eigenvalue weighted by Crippen LogP contribution is -2.53. The molecule has 1 atom stereocenters. The van der Waals surface area contributed by atoms with Gasteiger partial charge in [-0.05, 0) is 50.3 Å². The summed E-state index contributed by atoms with van der Waals surface area (Å²) in [5.41, 5.74) is 1.64. The summed E-state index contributed by atoms with van der Waals surface area (Å²) in [7, 11) is 0. The lowest BCUT2D eigenvalue weighted by molar-refractivity contribution is -0.151. The molecule has 0 bridgehead atoms. The second kappa shape index (κ2) is 8.84. The number of aryl methyl sites for hydroxylation is 1. The van der Waals surface area contributed by atoms with Crippen LogP contribution < -0.4 is 9.64 Å². The number of rotatable bonds is 5. The third kappa shape index (κ3) is 4.54. The van der Waals surface area contributed by atoms with Crippen LogP contribution in [0.25, 0.3) is 0 Å². The molecule has 0 N–H and O–H groups in total. The predicted octanol–water partition coefficient (Wildman–Crippen LogP) is 2.55. The number of benzene rings is 1. The van der Waals surface area contributed by atoms with Gasteiger partial charge in [-0.2, -0.15) is 0 Å². The topological polar surface area (TPSA) is 76.2 Å². The Bertz CT molecular complexity index is 783. The maximum atomic E-state index is 13.0. The van der Waals surface area contributed by atoms with Gasteiger partial charge in [0, 0.05) is 13.1 Å². The molecule has 1 aromatic carbocycles. The first kappa shape index (κ1) is 21.1. The van der Waals surface area contributed by atoms with Gasteiger partial charge in [0.05, 0.1) is 18.2 Å². The molecule has 2 amide bonds.